The third-order valence-corrected chi connectivity index (χ3v) is 1.49. The van der Waals surface area contributed by atoms with E-state index in [9.17, 15) is 4.79 Å². The van der Waals surface area contributed by atoms with E-state index in [1.807, 2.05) is 0 Å². The Kier molecular flexibility index (Phi) is 2.45. The second kappa shape index (κ2) is 3.37. The average molecular weight is 141 g/mol. The van der Waals surface area contributed by atoms with Gasteiger partial charge in [-0.25, -0.2) is 0 Å². The zero-order valence-electron chi connectivity index (χ0n) is 5.76. The van der Waals surface area contributed by atoms with Crippen molar-refractivity contribution in [3.05, 3.63) is 11.6 Å². The molecule has 2 N–H and O–H groups in total. The highest BCUT2D eigenvalue weighted by molar-refractivity contribution is 5.95. The van der Waals surface area contributed by atoms with Crippen molar-refractivity contribution in [1.82, 2.24) is 5.32 Å². The summed E-state index contributed by atoms with van der Waals surface area (Å²) in [6.07, 6.45) is 3.18. The molecule has 0 aromatic rings. The molecule has 0 saturated carbocycles. The smallest absolute Gasteiger partial charge is 0.246 e. The van der Waals surface area contributed by atoms with Crippen LogP contribution < -0.4 is 5.32 Å². The lowest BCUT2D eigenvalue weighted by Gasteiger charge is -1.90. The molecule has 1 aliphatic rings. The van der Waals surface area contributed by atoms with Gasteiger partial charge in [-0.05, 0) is 12.8 Å². The quantitative estimate of drug-likeness (QED) is 0.524. The molecule has 56 valence electrons. The second-order valence-corrected chi connectivity index (χ2v) is 2.25. The van der Waals surface area contributed by atoms with Gasteiger partial charge in [-0.1, -0.05) is 6.08 Å². The van der Waals surface area contributed by atoms with E-state index in [-0.39, 0.29) is 12.5 Å². The summed E-state index contributed by atoms with van der Waals surface area (Å²) in [5.41, 5.74) is 0.814. The Hall–Kier alpha value is -0.830. The van der Waals surface area contributed by atoms with Crippen molar-refractivity contribution < 1.29 is 9.90 Å². The largest absolute Gasteiger partial charge is 0.396 e. The minimum atomic E-state index is 0.0217. The molecule has 10 heavy (non-hydrogen) atoms. The average Bonchev–Trinajstić information content (AvgIpc) is 2.31. The summed E-state index contributed by atoms with van der Waals surface area (Å²) in [7, 11) is 0. The predicted octanol–water partition coefficient (Wildman–Crippen LogP) is -0.185. The van der Waals surface area contributed by atoms with Crippen LogP contribution in [0.25, 0.3) is 0 Å². The molecular weight excluding hydrogens is 130 g/mol. The van der Waals surface area contributed by atoms with Crippen LogP contribution in [0.3, 0.4) is 0 Å². The first-order valence-electron chi connectivity index (χ1n) is 3.42. The molecule has 3 nitrogen and oxygen atoms in total. The molecule has 0 aromatic heterocycles. The van der Waals surface area contributed by atoms with E-state index < -0.39 is 0 Å². The van der Waals surface area contributed by atoms with Crippen LogP contribution in [-0.4, -0.2) is 24.2 Å². The lowest BCUT2D eigenvalue weighted by molar-refractivity contribution is -0.116. The number of amides is 1. The van der Waals surface area contributed by atoms with Crippen LogP contribution in [0, 0.1) is 0 Å². The summed E-state index contributed by atoms with van der Waals surface area (Å²) < 4.78 is 0. The first kappa shape index (κ1) is 7.28. The SMILES string of the molecule is O=C1NCC/C1=C\CCO. The predicted molar refractivity (Wildman–Crippen MR) is 37.4 cm³/mol. The Morgan fingerprint density at radius 1 is 1.70 bits per heavy atom. The van der Waals surface area contributed by atoms with Crippen LogP contribution in [0.15, 0.2) is 11.6 Å². The maximum atomic E-state index is 10.8. The zero-order valence-corrected chi connectivity index (χ0v) is 5.76. The van der Waals surface area contributed by atoms with Gasteiger partial charge >= 0.3 is 0 Å². The summed E-state index contributed by atoms with van der Waals surface area (Å²) in [5, 5.41) is 11.1. The van der Waals surface area contributed by atoms with Crippen LogP contribution in [0.4, 0.5) is 0 Å². The molecule has 0 atom stereocenters. The van der Waals surface area contributed by atoms with E-state index in [2.05, 4.69) is 5.32 Å². The number of hydrogen-bond acceptors (Lipinski definition) is 2. The topological polar surface area (TPSA) is 49.3 Å². The Morgan fingerprint density at radius 3 is 3.00 bits per heavy atom. The number of rotatable bonds is 2. The highest BCUT2D eigenvalue weighted by atomic mass is 16.2. The van der Waals surface area contributed by atoms with Crippen LogP contribution in [0.5, 0.6) is 0 Å². The van der Waals surface area contributed by atoms with Crippen LogP contribution in [0.1, 0.15) is 12.8 Å². The number of carbonyl (C=O) groups excluding carboxylic acids is 1. The summed E-state index contributed by atoms with van der Waals surface area (Å²) in [6.45, 7) is 0.868. The van der Waals surface area contributed by atoms with Crippen molar-refractivity contribution in [3.8, 4) is 0 Å². The molecule has 1 rings (SSSR count). The summed E-state index contributed by atoms with van der Waals surface area (Å²) >= 11 is 0. The second-order valence-electron chi connectivity index (χ2n) is 2.25. The number of aliphatic hydroxyl groups excluding tert-OH is 1. The summed E-state index contributed by atoms with van der Waals surface area (Å²) in [6, 6.07) is 0. The fraction of sp³-hybridized carbons (Fsp3) is 0.571. The number of hydrogen-bond donors (Lipinski definition) is 2. The Labute approximate surface area is 59.7 Å². The monoisotopic (exact) mass is 141 g/mol. The maximum Gasteiger partial charge on any atom is 0.246 e. The first-order chi connectivity index (χ1) is 4.84. The van der Waals surface area contributed by atoms with Gasteiger partial charge in [-0.2, -0.15) is 0 Å². The summed E-state index contributed by atoms with van der Waals surface area (Å²) in [4.78, 5) is 10.8. The molecule has 0 aliphatic carbocycles. The normalized spacial score (nSPS) is 21.7. The molecule has 0 aromatic carbocycles. The van der Waals surface area contributed by atoms with Crippen molar-refractivity contribution in [3.63, 3.8) is 0 Å². The molecule has 1 amide bonds. The van der Waals surface area contributed by atoms with Gasteiger partial charge < -0.3 is 10.4 Å². The Morgan fingerprint density at radius 2 is 2.50 bits per heavy atom. The van der Waals surface area contributed by atoms with E-state index in [4.69, 9.17) is 5.11 Å². The van der Waals surface area contributed by atoms with Crippen molar-refractivity contribution in [2.75, 3.05) is 13.2 Å². The van der Waals surface area contributed by atoms with Gasteiger partial charge in [0.1, 0.15) is 0 Å². The van der Waals surface area contributed by atoms with Crippen molar-refractivity contribution >= 4 is 5.91 Å². The van der Waals surface area contributed by atoms with Gasteiger partial charge in [-0.3, -0.25) is 4.79 Å². The fourth-order valence-corrected chi connectivity index (χ4v) is 0.971. The lowest BCUT2D eigenvalue weighted by atomic mass is 10.2. The molecule has 3 heteroatoms. The van der Waals surface area contributed by atoms with Crippen LogP contribution in [-0.2, 0) is 4.79 Å². The minimum absolute atomic E-state index is 0.0217. The fourth-order valence-electron chi connectivity index (χ4n) is 0.971. The van der Waals surface area contributed by atoms with Crippen molar-refractivity contribution in [1.29, 1.82) is 0 Å². The van der Waals surface area contributed by atoms with Gasteiger partial charge in [0.25, 0.3) is 0 Å². The van der Waals surface area contributed by atoms with E-state index in [0.717, 1.165) is 18.5 Å². The van der Waals surface area contributed by atoms with E-state index in [1.54, 1.807) is 6.08 Å². The highest BCUT2D eigenvalue weighted by Crippen LogP contribution is 2.07. The molecule has 0 radical (unpaired) electrons. The molecular formula is C7H11NO2. The Balaban J connectivity index is 2.46. The van der Waals surface area contributed by atoms with Gasteiger partial charge in [0.15, 0.2) is 0 Å². The molecule has 1 saturated heterocycles. The first-order valence-corrected chi connectivity index (χ1v) is 3.42. The Bertz CT molecular complexity index is 163. The molecule has 0 spiro atoms. The molecule has 1 aliphatic heterocycles. The van der Waals surface area contributed by atoms with Gasteiger partial charge in [0.05, 0.1) is 0 Å². The van der Waals surface area contributed by atoms with Crippen LogP contribution in [0.2, 0.25) is 0 Å². The molecule has 0 unspecified atom stereocenters. The maximum absolute atomic E-state index is 10.8. The molecule has 1 fully saturated rings. The number of nitrogens with one attached hydrogen (secondary N) is 1. The van der Waals surface area contributed by atoms with Crippen LogP contribution >= 0.6 is 0 Å². The highest BCUT2D eigenvalue weighted by Gasteiger charge is 2.14. The number of aliphatic hydroxyl groups is 1. The third-order valence-electron chi connectivity index (χ3n) is 1.49. The standard InChI is InChI=1S/C7H11NO2/c9-5-1-2-6-3-4-8-7(6)10/h2,9H,1,3-5H2,(H,8,10)/b6-2+. The van der Waals surface area contributed by atoms with Gasteiger partial charge in [0.2, 0.25) is 5.91 Å². The van der Waals surface area contributed by atoms with E-state index >= 15 is 0 Å². The molecule has 0 bridgehead atoms. The minimum Gasteiger partial charge on any atom is -0.396 e. The van der Waals surface area contributed by atoms with Crippen molar-refractivity contribution in [2.24, 2.45) is 0 Å². The summed E-state index contributed by atoms with van der Waals surface area (Å²) in [5.74, 6) is 0.0217. The van der Waals surface area contributed by atoms with Gasteiger partial charge in [-0.15, -0.1) is 0 Å². The van der Waals surface area contributed by atoms with Crippen molar-refractivity contribution in [2.45, 2.75) is 12.8 Å². The van der Waals surface area contributed by atoms with E-state index in [1.165, 1.54) is 0 Å². The lowest BCUT2D eigenvalue weighted by Crippen LogP contribution is -2.14. The third kappa shape index (κ3) is 1.57. The van der Waals surface area contributed by atoms with Gasteiger partial charge in [0, 0.05) is 18.7 Å². The zero-order chi connectivity index (χ0) is 7.40. The molecule has 1 heterocycles. The van der Waals surface area contributed by atoms with E-state index in [0.29, 0.717) is 6.42 Å². The number of carbonyl (C=O) groups is 1.